The van der Waals surface area contributed by atoms with E-state index >= 15 is 0 Å². The van der Waals surface area contributed by atoms with Gasteiger partial charge >= 0.3 is 6.03 Å². The molecule has 3 heteroatoms. The minimum Gasteiger partial charge on any atom is -0.327 e. The molecule has 1 aliphatic carbocycles. The summed E-state index contributed by atoms with van der Waals surface area (Å²) in [4.78, 5) is 15.1. The van der Waals surface area contributed by atoms with E-state index in [1.807, 2.05) is 26.2 Å². The monoisotopic (exact) mass is 178 g/mol. The topological polar surface area (TPSA) is 23.6 Å². The average molecular weight is 178 g/mol. The van der Waals surface area contributed by atoms with Crippen LogP contribution in [0.25, 0.3) is 0 Å². The van der Waals surface area contributed by atoms with Crippen LogP contribution in [0.4, 0.5) is 4.79 Å². The van der Waals surface area contributed by atoms with Crippen LogP contribution >= 0.6 is 0 Å². The summed E-state index contributed by atoms with van der Waals surface area (Å²) in [6, 6.07) is 0.0952. The summed E-state index contributed by atoms with van der Waals surface area (Å²) in [5.41, 5.74) is 1.16. The number of nitrogens with zero attached hydrogens (tertiary/aromatic N) is 2. The third-order valence-corrected chi connectivity index (χ3v) is 2.74. The van der Waals surface area contributed by atoms with E-state index < -0.39 is 0 Å². The molecule has 0 spiro atoms. The van der Waals surface area contributed by atoms with Gasteiger partial charge < -0.3 is 9.80 Å². The van der Waals surface area contributed by atoms with Crippen LogP contribution in [-0.4, -0.2) is 36.5 Å². The molecule has 1 saturated heterocycles. The Labute approximate surface area is 78.3 Å². The number of carbonyl (C=O) groups excluding carboxylic acids is 1. The molecule has 0 radical (unpaired) electrons. The summed E-state index contributed by atoms with van der Waals surface area (Å²) >= 11 is 0. The van der Waals surface area contributed by atoms with Crippen LogP contribution in [0.5, 0.6) is 0 Å². The van der Waals surface area contributed by atoms with E-state index in [2.05, 4.69) is 6.08 Å². The third-order valence-electron chi connectivity index (χ3n) is 2.74. The van der Waals surface area contributed by atoms with E-state index in [1.54, 1.807) is 9.80 Å². The van der Waals surface area contributed by atoms with E-state index in [9.17, 15) is 4.79 Å². The molecule has 2 rings (SSSR count). The molecular formula is C10H14N2O. The summed E-state index contributed by atoms with van der Waals surface area (Å²) in [5.74, 6) is 0.498. The number of allylic oxidation sites excluding steroid dienone is 3. The first-order valence-corrected chi connectivity index (χ1v) is 4.55. The molecule has 3 nitrogen and oxygen atoms in total. The van der Waals surface area contributed by atoms with Gasteiger partial charge in [-0.15, -0.1) is 0 Å². The second kappa shape index (κ2) is 2.91. The van der Waals surface area contributed by atoms with Crippen molar-refractivity contribution >= 4 is 6.03 Å². The Morgan fingerprint density at radius 1 is 1.46 bits per heavy atom. The molecule has 1 aliphatic heterocycles. The smallest absolute Gasteiger partial charge is 0.323 e. The molecule has 2 amide bonds. The first-order chi connectivity index (χ1) is 6.20. The second-order valence-corrected chi connectivity index (χ2v) is 3.67. The number of hydrogen-bond donors (Lipinski definition) is 0. The van der Waals surface area contributed by atoms with Crippen molar-refractivity contribution in [1.82, 2.24) is 9.80 Å². The zero-order valence-electron chi connectivity index (χ0n) is 8.03. The van der Waals surface area contributed by atoms with Crippen molar-refractivity contribution in [3.63, 3.8) is 0 Å². The van der Waals surface area contributed by atoms with Gasteiger partial charge in [0, 0.05) is 32.3 Å². The molecule has 1 heterocycles. The molecule has 0 aromatic rings. The molecule has 1 atom stereocenters. The SMILES string of the molecule is CN1CC2CC=CC=C2N(C)C1=O. The zero-order chi connectivity index (χ0) is 9.42. The molecule has 0 N–H and O–H groups in total. The first kappa shape index (κ1) is 8.35. The minimum atomic E-state index is 0.0952. The van der Waals surface area contributed by atoms with Crippen molar-refractivity contribution < 1.29 is 4.79 Å². The van der Waals surface area contributed by atoms with Crippen LogP contribution in [-0.2, 0) is 0 Å². The summed E-state index contributed by atoms with van der Waals surface area (Å²) in [6.45, 7) is 0.847. The standard InChI is InChI=1S/C10H14N2O/c1-11-7-8-5-3-4-6-9(8)12(2)10(11)13/h3-4,6,8H,5,7H2,1-2H3. The van der Waals surface area contributed by atoms with E-state index in [4.69, 9.17) is 0 Å². The minimum absolute atomic E-state index is 0.0952. The lowest BCUT2D eigenvalue weighted by molar-refractivity contribution is 0.152. The molecule has 13 heavy (non-hydrogen) atoms. The van der Waals surface area contributed by atoms with Gasteiger partial charge in [-0.05, 0) is 12.5 Å². The van der Waals surface area contributed by atoms with Gasteiger partial charge in [-0.25, -0.2) is 4.79 Å². The third kappa shape index (κ3) is 1.24. The number of hydrogen-bond acceptors (Lipinski definition) is 1. The lowest BCUT2D eigenvalue weighted by atomic mass is 9.94. The molecule has 70 valence electrons. The highest BCUT2D eigenvalue weighted by Crippen LogP contribution is 2.28. The first-order valence-electron chi connectivity index (χ1n) is 4.55. The normalized spacial score (nSPS) is 27.4. The predicted octanol–water partition coefficient (Wildman–Crippen LogP) is 1.44. The Morgan fingerprint density at radius 3 is 3.00 bits per heavy atom. The quantitative estimate of drug-likeness (QED) is 0.550. The van der Waals surface area contributed by atoms with E-state index in [-0.39, 0.29) is 6.03 Å². The fraction of sp³-hybridized carbons (Fsp3) is 0.500. The van der Waals surface area contributed by atoms with Gasteiger partial charge in [0.1, 0.15) is 0 Å². The molecule has 0 aromatic carbocycles. The largest absolute Gasteiger partial charge is 0.327 e. The van der Waals surface area contributed by atoms with E-state index in [0.717, 1.165) is 18.7 Å². The van der Waals surface area contributed by atoms with Gasteiger partial charge in [-0.1, -0.05) is 12.2 Å². The van der Waals surface area contributed by atoms with Gasteiger partial charge in [-0.2, -0.15) is 0 Å². The Kier molecular flexibility index (Phi) is 1.87. The lowest BCUT2D eigenvalue weighted by Crippen LogP contribution is -2.48. The molecule has 1 unspecified atom stereocenters. The van der Waals surface area contributed by atoms with Gasteiger partial charge in [0.25, 0.3) is 0 Å². The number of urea groups is 1. The molecule has 0 bridgehead atoms. The zero-order valence-corrected chi connectivity index (χ0v) is 8.03. The lowest BCUT2D eigenvalue weighted by Gasteiger charge is -2.39. The molecule has 1 fully saturated rings. The van der Waals surface area contributed by atoms with Gasteiger partial charge in [0.15, 0.2) is 0 Å². The number of carbonyl (C=O) groups is 1. The molecule has 0 saturated carbocycles. The highest BCUT2D eigenvalue weighted by Gasteiger charge is 2.31. The van der Waals surface area contributed by atoms with Crippen molar-refractivity contribution in [1.29, 1.82) is 0 Å². The van der Waals surface area contributed by atoms with Crippen LogP contribution in [0.3, 0.4) is 0 Å². The maximum atomic E-state index is 11.6. The van der Waals surface area contributed by atoms with E-state index in [0.29, 0.717) is 5.92 Å². The number of amides is 2. The molecule has 0 aromatic heterocycles. The molecule has 2 aliphatic rings. The predicted molar refractivity (Wildman–Crippen MR) is 51.1 cm³/mol. The van der Waals surface area contributed by atoms with E-state index in [1.165, 1.54) is 0 Å². The van der Waals surface area contributed by atoms with Crippen molar-refractivity contribution in [3.05, 3.63) is 23.9 Å². The molecular weight excluding hydrogens is 164 g/mol. The van der Waals surface area contributed by atoms with Crippen LogP contribution in [0.2, 0.25) is 0 Å². The summed E-state index contributed by atoms with van der Waals surface area (Å²) in [6.07, 6.45) is 7.28. The van der Waals surface area contributed by atoms with Crippen molar-refractivity contribution in [2.45, 2.75) is 6.42 Å². The fourth-order valence-electron chi connectivity index (χ4n) is 2.00. The maximum absolute atomic E-state index is 11.6. The van der Waals surface area contributed by atoms with Crippen LogP contribution in [0.15, 0.2) is 23.9 Å². The van der Waals surface area contributed by atoms with Gasteiger partial charge in [-0.3, -0.25) is 0 Å². The maximum Gasteiger partial charge on any atom is 0.323 e. The van der Waals surface area contributed by atoms with Crippen LogP contribution in [0, 0.1) is 5.92 Å². The van der Waals surface area contributed by atoms with Crippen LogP contribution in [0.1, 0.15) is 6.42 Å². The number of fused-ring (bicyclic) bond motifs is 1. The Hall–Kier alpha value is -1.25. The number of rotatable bonds is 0. The average Bonchev–Trinajstić information content (AvgIpc) is 2.15. The summed E-state index contributed by atoms with van der Waals surface area (Å²) < 4.78 is 0. The van der Waals surface area contributed by atoms with Crippen molar-refractivity contribution in [2.24, 2.45) is 5.92 Å². The van der Waals surface area contributed by atoms with Crippen LogP contribution < -0.4 is 0 Å². The Bertz CT molecular complexity index is 293. The van der Waals surface area contributed by atoms with Gasteiger partial charge in [0.2, 0.25) is 0 Å². The summed E-state index contributed by atoms with van der Waals surface area (Å²) in [7, 11) is 3.70. The summed E-state index contributed by atoms with van der Waals surface area (Å²) in [5, 5.41) is 0. The van der Waals surface area contributed by atoms with Gasteiger partial charge in [0.05, 0.1) is 0 Å². The Morgan fingerprint density at radius 2 is 2.23 bits per heavy atom. The Balaban J connectivity index is 2.29. The van der Waals surface area contributed by atoms with Crippen molar-refractivity contribution in [3.8, 4) is 0 Å². The highest BCUT2D eigenvalue weighted by atomic mass is 16.2. The highest BCUT2D eigenvalue weighted by molar-refractivity contribution is 5.77. The van der Waals surface area contributed by atoms with Crippen molar-refractivity contribution in [2.75, 3.05) is 20.6 Å². The second-order valence-electron chi connectivity index (χ2n) is 3.67. The fourth-order valence-corrected chi connectivity index (χ4v) is 2.00.